The lowest BCUT2D eigenvalue weighted by Crippen LogP contribution is -3.15. The second kappa shape index (κ2) is 10.1. The van der Waals surface area contributed by atoms with Crippen LogP contribution in [0, 0.1) is 0 Å². The van der Waals surface area contributed by atoms with Crippen LogP contribution in [0.3, 0.4) is 0 Å². The minimum atomic E-state index is 0.0563. The fourth-order valence-corrected chi connectivity index (χ4v) is 5.24. The summed E-state index contributed by atoms with van der Waals surface area (Å²) in [5, 5.41) is 3.08. The Labute approximate surface area is 185 Å². The van der Waals surface area contributed by atoms with E-state index in [9.17, 15) is 9.59 Å². The molecule has 7 heteroatoms. The van der Waals surface area contributed by atoms with Crippen molar-refractivity contribution in [1.82, 2.24) is 15.1 Å². The van der Waals surface area contributed by atoms with Gasteiger partial charge in [0.1, 0.15) is 5.37 Å². The fourth-order valence-electron chi connectivity index (χ4n) is 4.02. The van der Waals surface area contributed by atoms with E-state index in [4.69, 9.17) is 0 Å². The number of urea groups is 1. The van der Waals surface area contributed by atoms with E-state index in [-0.39, 0.29) is 22.7 Å². The number of carbonyl (C=O) groups excluding carboxylic acids is 2. The summed E-state index contributed by atoms with van der Waals surface area (Å²) in [5.41, 5.74) is 2.67. The van der Waals surface area contributed by atoms with Gasteiger partial charge in [-0.15, -0.1) is 11.8 Å². The summed E-state index contributed by atoms with van der Waals surface area (Å²) in [5.74, 6) is 0.800. The monoisotopic (exact) mass is 433 g/mol. The number of nitrogens with one attached hydrogen (secondary N) is 2. The molecule has 0 aromatic heterocycles. The van der Waals surface area contributed by atoms with E-state index < -0.39 is 0 Å². The average molecular weight is 434 g/mol. The lowest BCUT2D eigenvalue weighted by atomic mass is 9.87. The molecule has 2 N–H and O–H groups in total. The molecule has 30 heavy (non-hydrogen) atoms. The van der Waals surface area contributed by atoms with E-state index in [0.717, 1.165) is 52.2 Å². The topological polar surface area (TPSA) is 57.1 Å². The van der Waals surface area contributed by atoms with Crippen LogP contribution in [0.4, 0.5) is 4.79 Å². The largest absolute Gasteiger partial charge is 0.338 e. The van der Waals surface area contributed by atoms with Gasteiger partial charge in [0.2, 0.25) is 5.91 Å². The first-order chi connectivity index (χ1) is 14.3. The molecule has 2 heterocycles. The van der Waals surface area contributed by atoms with Gasteiger partial charge < -0.3 is 20.0 Å². The minimum Gasteiger partial charge on any atom is -0.338 e. The van der Waals surface area contributed by atoms with E-state index in [1.165, 1.54) is 16.0 Å². The molecule has 1 aromatic rings. The number of rotatable bonds is 6. The van der Waals surface area contributed by atoms with Crippen molar-refractivity contribution in [2.45, 2.75) is 44.9 Å². The molecule has 3 amide bonds. The van der Waals surface area contributed by atoms with E-state index in [1.54, 1.807) is 11.8 Å². The number of quaternary nitrogens is 1. The van der Waals surface area contributed by atoms with Gasteiger partial charge in [-0.1, -0.05) is 52.0 Å². The molecule has 166 valence electrons. The number of thioether (sulfide) groups is 1. The number of carbonyl (C=O) groups is 2. The second-order valence-electron chi connectivity index (χ2n) is 9.34. The van der Waals surface area contributed by atoms with Crippen LogP contribution < -0.4 is 10.2 Å². The summed E-state index contributed by atoms with van der Waals surface area (Å²) in [6.07, 6.45) is 0.957. The molecule has 2 aliphatic rings. The molecule has 1 aromatic carbocycles. The summed E-state index contributed by atoms with van der Waals surface area (Å²) in [4.78, 5) is 30.1. The normalized spacial score (nSPS) is 20.7. The highest BCUT2D eigenvalue weighted by atomic mass is 32.2. The van der Waals surface area contributed by atoms with Gasteiger partial charge in [0.05, 0.1) is 45.0 Å². The van der Waals surface area contributed by atoms with Crippen LogP contribution in [-0.2, 0) is 10.2 Å². The van der Waals surface area contributed by atoms with Crippen LogP contribution in [0.2, 0.25) is 0 Å². The average Bonchev–Trinajstić information content (AvgIpc) is 3.10. The van der Waals surface area contributed by atoms with E-state index in [2.05, 4.69) is 57.3 Å². The van der Waals surface area contributed by atoms with Crippen molar-refractivity contribution in [3.63, 3.8) is 0 Å². The number of benzene rings is 1. The Kier molecular flexibility index (Phi) is 7.69. The van der Waals surface area contributed by atoms with Crippen molar-refractivity contribution in [2.75, 3.05) is 51.6 Å². The predicted molar refractivity (Wildman–Crippen MR) is 123 cm³/mol. The Morgan fingerprint density at radius 1 is 1.20 bits per heavy atom. The Balaban J connectivity index is 1.52. The lowest BCUT2D eigenvalue weighted by molar-refractivity contribution is -0.903. The SMILES string of the molecule is CCCNC(=O)N1CC[NH+](CCN2C(=O)CS[C@H]2c2ccc(C(C)(C)C)cc2)CC1. The zero-order valence-electron chi connectivity index (χ0n) is 18.9. The van der Waals surface area contributed by atoms with E-state index in [1.807, 2.05) is 9.80 Å². The third-order valence-corrected chi connectivity index (χ3v) is 7.28. The van der Waals surface area contributed by atoms with Crippen molar-refractivity contribution in [2.24, 2.45) is 0 Å². The van der Waals surface area contributed by atoms with Gasteiger partial charge in [-0.05, 0) is 23.0 Å². The maximum absolute atomic E-state index is 12.5. The molecule has 6 nitrogen and oxygen atoms in total. The Morgan fingerprint density at radius 2 is 1.87 bits per heavy atom. The summed E-state index contributed by atoms with van der Waals surface area (Å²) in [7, 11) is 0. The molecule has 2 saturated heterocycles. The molecule has 2 fully saturated rings. The lowest BCUT2D eigenvalue weighted by Gasteiger charge is -2.33. The van der Waals surface area contributed by atoms with Crippen molar-refractivity contribution in [1.29, 1.82) is 0 Å². The number of piperazine rings is 1. The molecule has 0 unspecified atom stereocenters. The van der Waals surface area contributed by atoms with Crippen molar-refractivity contribution >= 4 is 23.7 Å². The predicted octanol–water partition coefficient (Wildman–Crippen LogP) is 1.88. The van der Waals surface area contributed by atoms with Gasteiger partial charge in [-0.3, -0.25) is 4.79 Å². The molecule has 2 aliphatic heterocycles. The van der Waals surface area contributed by atoms with Gasteiger partial charge in [-0.25, -0.2) is 4.79 Å². The highest BCUT2D eigenvalue weighted by molar-refractivity contribution is 8.00. The molecule has 0 spiro atoms. The number of nitrogens with zero attached hydrogens (tertiary/aromatic N) is 2. The molecular formula is C23H37N4O2S+. The maximum Gasteiger partial charge on any atom is 0.317 e. The first-order valence-corrected chi connectivity index (χ1v) is 12.2. The summed E-state index contributed by atoms with van der Waals surface area (Å²) in [6.45, 7) is 14.6. The number of amides is 3. The van der Waals surface area contributed by atoms with Crippen LogP contribution in [0.5, 0.6) is 0 Å². The summed E-state index contributed by atoms with van der Waals surface area (Å²) in [6, 6.07) is 8.82. The van der Waals surface area contributed by atoms with Gasteiger partial charge in [0, 0.05) is 6.54 Å². The molecule has 3 rings (SSSR count). The summed E-state index contributed by atoms with van der Waals surface area (Å²) >= 11 is 1.73. The quantitative estimate of drug-likeness (QED) is 0.720. The smallest absolute Gasteiger partial charge is 0.317 e. The Bertz CT molecular complexity index is 724. The second-order valence-corrected chi connectivity index (χ2v) is 10.4. The highest BCUT2D eigenvalue weighted by Crippen LogP contribution is 2.38. The number of hydrogen-bond acceptors (Lipinski definition) is 3. The van der Waals surface area contributed by atoms with Crippen LogP contribution in [0.1, 0.15) is 50.6 Å². The van der Waals surface area contributed by atoms with Gasteiger partial charge in [-0.2, -0.15) is 0 Å². The first-order valence-electron chi connectivity index (χ1n) is 11.2. The highest BCUT2D eigenvalue weighted by Gasteiger charge is 2.34. The number of hydrogen-bond donors (Lipinski definition) is 2. The first kappa shape index (κ1) is 22.9. The van der Waals surface area contributed by atoms with Gasteiger partial charge >= 0.3 is 6.03 Å². The van der Waals surface area contributed by atoms with Crippen molar-refractivity contribution in [3.05, 3.63) is 35.4 Å². The van der Waals surface area contributed by atoms with Crippen molar-refractivity contribution < 1.29 is 14.5 Å². The molecule has 0 radical (unpaired) electrons. The Hall–Kier alpha value is -1.73. The van der Waals surface area contributed by atoms with Crippen LogP contribution >= 0.6 is 11.8 Å². The van der Waals surface area contributed by atoms with Crippen LogP contribution in [-0.4, -0.2) is 73.3 Å². The third-order valence-electron chi connectivity index (χ3n) is 6.02. The zero-order valence-corrected chi connectivity index (χ0v) is 19.7. The Morgan fingerprint density at radius 3 is 2.47 bits per heavy atom. The van der Waals surface area contributed by atoms with Crippen LogP contribution in [0.15, 0.2) is 24.3 Å². The van der Waals surface area contributed by atoms with E-state index in [0.29, 0.717) is 5.75 Å². The summed E-state index contributed by atoms with van der Waals surface area (Å²) < 4.78 is 0. The standard InChI is InChI=1S/C23H36N4O2S/c1-5-10-24-22(29)26-14-11-25(12-15-26)13-16-27-20(28)17-30-21(27)18-6-8-19(9-7-18)23(2,3)4/h6-9,21H,5,10-17H2,1-4H3,(H,24,29)/p+1/t21-/m0/s1. The minimum absolute atomic E-state index is 0.0563. The van der Waals surface area contributed by atoms with Crippen molar-refractivity contribution in [3.8, 4) is 0 Å². The molecule has 0 aliphatic carbocycles. The molecule has 0 saturated carbocycles. The third kappa shape index (κ3) is 5.70. The van der Waals surface area contributed by atoms with E-state index >= 15 is 0 Å². The maximum atomic E-state index is 12.5. The zero-order chi connectivity index (χ0) is 21.7. The van der Waals surface area contributed by atoms with Crippen LogP contribution in [0.25, 0.3) is 0 Å². The fraction of sp³-hybridized carbons (Fsp3) is 0.652. The molecule has 1 atom stereocenters. The van der Waals surface area contributed by atoms with Gasteiger partial charge in [0.25, 0.3) is 0 Å². The molecule has 0 bridgehead atoms. The molecular weight excluding hydrogens is 396 g/mol. The van der Waals surface area contributed by atoms with Gasteiger partial charge in [0.15, 0.2) is 0 Å².